The summed E-state index contributed by atoms with van der Waals surface area (Å²) in [7, 11) is 0. The van der Waals surface area contributed by atoms with E-state index >= 15 is 0 Å². The van der Waals surface area contributed by atoms with Gasteiger partial charge in [-0.1, -0.05) is 25.7 Å². The van der Waals surface area contributed by atoms with Gasteiger partial charge in [0.25, 0.3) is 0 Å². The third-order valence-electron chi connectivity index (χ3n) is 4.59. The molecule has 2 nitrogen and oxygen atoms in total. The molecule has 0 aliphatic heterocycles. The molecule has 0 saturated heterocycles. The van der Waals surface area contributed by atoms with Crippen molar-refractivity contribution in [3.05, 3.63) is 0 Å². The second kappa shape index (κ2) is 7.40. The molecule has 0 aromatic heterocycles. The Bertz CT molecular complexity index is 287. The number of nitriles is 1. The largest absolute Gasteiger partial charge is 0.310 e. The van der Waals surface area contributed by atoms with Gasteiger partial charge >= 0.3 is 0 Å². The molecule has 2 fully saturated rings. The first-order valence-electron chi connectivity index (χ1n) is 7.52. The quantitative estimate of drug-likeness (QED) is 0.791. The molecular formula is C15H26N2S. The van der Waals surface area contributed by atoms with E-state index in [1.54, 1.807) is 0 Å². The van der Waals surface area contributed by atoms with Crippen molar-refractivity contribution in [1.82, 2.24) is 5.32 Å². The predicted octanol–water partition coefficient (Wildman–Crippen LogP) is 3.72. The lowest BCUT2D eigenvalue weighted by Crippen LogP contribution is -2.44. The summed E-state index contributed by atoms with van der Waals surface area (Å²) in [5.41, 5.74) is 0. The molecule has 4 unspecified atom stereocenters. The topological polar surface area (TPSA) is 35.8 Å². The van der Waals surface area contributed by atoms with Crippen LogP contribution in [0.15, 0.2) is 0 Å². The Balaban J connectivity index is 1.88. The van der Waals surface area contributed by atoms with Crippen molar-refractivity contribution in [2.75, 3.05) is 6.26 Å². The lowest BCUT2D eigenvalue weighted by atomic mass is 9.90. The summed E-state index contributed by atoms with van der Waals surface area (Å²) in [5.74, 6) is 0.252. The highest BCUT2D eigenvalue weighted by Crippen LogP contribution is 2.29. The molecule has 0 aromatic rings. The molecule has 3 heteroatoms. The molecule has 0 radical (unpaired) electrons. The standard InChI is InChI=1S/C15H26N2S/c1-18-14-8-5-7-13(10-14)17-15-9-4-2-3-6-12(15)11-16/h12-15,17H,2-10H2,1H3. The minimum absolute atomic E-state index is 0.252. The van der Waals surface area contributed by atoms with E-state index < -0.39 is 0 Å². The van der Waals surface area contributed by atoms with E-state index in [1.165, 1.54) is 51.4 Å². The smallest absolute Gasteiger partial charge is 0.0672 e. The normalized spacial score (nSPS) is 37.8. The molecular weight excluding hydrogens is 240 g/mol. The van der Waals surface area contributed by atoms with Gasteiger partial charge in [0.15, 0.2) is 0 Å². The number of thioether (sulfide) groups is 1. The van der Waals surface area contributed by atoms with Gasteiger partial charge in [0.1, 0.15) is 0 Å². The van der Waals surface area contributed by atoms with Crippen LogP contribution < -0.4 is 5.32 Å². The first-order valence-corrected chi connectivity index (χ1v) is 8.80. The third kappa shape index (κ3) is 3.90. The number of rotatable bonds is 3. The van der Waals surface area contributed by atoms with Crippen LogP contribution in [0.2, 0.25) is 0 Å². The van der Waals surface area contributed by atoms with Crippen molar-refractivity contribution in [2.24, 2.45) is 5.92 Å². The molecule has 102 valence electrons. The van der Waals surface area contributed by atoms with E-state index in [9.17, 15) is 5.26 Å². The number of hydrogen-bond acceptors (Lipinski definition) is 3. The van der Waals surface area contributed by atoms with E-state index in [-0.39, 0.29) is 5.92 Å². The Labute approximate surface area is 116 Å². The molecule has 2 aliphatic carbocycles. The monoisotopic (exact) mass is 266 g/mol. The molecule has 2 aliphatic rings. The van der Waals surface area contributed by atoms with Gasteiger partial charge in [0, 0.05) is 17.3 Å². The highest BCUT2D eigenvalue weighted by molar-refractivity contribution is 7.99. The molecule has 0 bridgehead atoms. The van der Waals surface area contributed by atoms with Crippen LogP contribution in [0.5, 0.6) is 0 Å². The number of nitrogens with zero attached hydrogens (tertiary/aromatic N) is 1. The van der Waals surface area contributed by atoms with Gasteiger partial charge in [-0.3, -0.25) is 0 Å². The fourth-order valence-corrected chi connectivity index (χ4v) is 4.30. The first kappa shape index (κ1) is 14.2. The van der Waals surface area contributed by atoms with Gasteiger partial charge < -0.3 is 5.32 Å². The van der Waals surface area contributed by atoms with Crippen molar-refractivity contribution >= 4 is 11.8 Å². The molecule has 1 N–H and O–H groups in total. The van der Waals surface area contributed by atoms with Gasteiger partial charge in [-0.2, -0.15) is 17.0 Å². The van der Waals surface area contributed by atoms with E-state index in [4.69, 9.17) is 0 Å². The summed E-state index contributed by atoms with van der Waals surface area (Å²) >= 11 is 2.02. The zero-order valence-corrected chi connectivity index (χ0v) is 12.3. The van der Waals surface area contributed by atoms with Crippen LogP contribution in [-0.2, 0) is 0 Å². The summed E-state index contributed by atoms with van der Waals surface area (Å²) < 4.78 is 0. The maximum Gasteiger partial charge on any atom is 0.0672 e. The Morgan fingerprint density at radius 3 is 2.67 bits per heavy atom. The molecule has 2 rings (SSSR count). The van der Waals surface area contributed by atoms with Crippen LogP contribution in [0.3, 0.4) is 0 Å². The number of nitrogens with one attached hydrogen (secondary N) is 1. The van der Waals surface area contributed by atoms with E-state index in [2.05, 4.69) is 17.6 Å². The minimum Gasteiger partial charge on any atom is -0.310 e. The van der Waals surface area contributed by atoms with E-state index in [0.29, 0.717) is 12.1 Å². The van der Waals surface area contributed by atoms with Crippen LogP contribution in [0.4, 0.5) is 0 Å². The van der Waals surface area contributed by atoms with E-state index in [1.807, 2.05) is 11.8 Å². The molecule has 18 heavy (non-hydrogen) atoms. The maximum absolute atomic E-state index is 9.32. The summed E-state index contributed by atoms with van der Waals surface area (Å²) in [6.07, 6.45) is 13.8. The first-order chi connectivity index (χ1) is 8.83. The van der Waals surface area contributed by atoms with Crippen molar-refractivity contribution in [3.8, 4) is 6.07 Å². The fraction of sp³-hybridized carbons (Fsp3) is 0.933. The van der Waals surface area contributed by atoms with Crippen molar-refractivity contribution in [2.45, 2.75) is 75.1 Å². The lowest BCUT2D eigenvalue weighted by Gasteiger charge is -2.33. The molecule has 4 atom stereocenters. The molecule has 0 amide bonds. The minimum atomic E-state index is 0.252. The van der Waals surface area contributed by atoms with Gasteiger partial charge in [-0.05, 0) is 38.4 Å². The summed E-state index contributed by atoms with van der Waals surface area (Å²) in [6, 6.07) is 3.66. The van der Waals surface area contributed by atoms with Gasteiger partial charge in [0.05, 0.1) is 12.0 Å². The Morgan fingerprint density at radius 1 is 1.06 bits per heavy atom. The van der Waals surface area contributed by atoms with Crippen LogP contribution >= 0.6 is 11.8 Å². The Kier molecular flexibility index (Phi) is 5.85. The molecule has 0 heterocycles. The second-order valence-electron chi connectivity index (χ2n) is 5.87. The average molecular weight is 266 g/mol. The Morgan fingerprint density at radius 2 is 1.89 bits per heavy atom. The van der Waals surface area contributed by atoms with Gasteiger partial charge in [0.2, 0.25) is 0 Å². The van der Waals surface area contributed by atoms with E-state index in [0.717, 1.165) is 11.7 Å². The molecule has 2 saturated carbocycles. The van der Waals surface area contributed by atoms with Gasteiger partial charge in [-0.25, -0.2) is 0 Å². The summed E-state index contributed by atoms with van der Waals surface area (Å²) in [4.78, 5) is 0. The average Bonchev–Trinajstić information content (AvgIpc) is 2.64. The predicted molar refractivity (Wildman–Crippen MR) is 78.7 cm³/mol. The van der Waals surface area contributed by atoms with Crippen molar-refractivity contribution in [1.29, 1.82) is 5.26 Å². The summed E-state index contributed by atoms with van der Waals surface area (Å²) in [5, 5.41) is 14.0. The van der Waals surface area contributed by atoms with Crippen molar-refractivity contribution in [3.63, 3.8) is 0 Å². The SMILES string of the molecule is CSC1CCCC(NC2CCCCCC2C#N)C1. The molecule has 0 spiro atoms. The van der Waals surface area contributed by atoms with Crippen LogP contribution in [0.1, 0.15) is 57.8 Å². The highest BCUT2D eigenvalue weighted by atomic mass is 32.2. The fourth-order valence-electron chi connectivity index (χ4n) is 3.47. The lowest BCUT2D eigenvalue weighted by molar-refractivity contribution is 0.299. The van der Waals surface area contributed by atoms with Crippen LogP contribution in [-0.4, -0.2) is 23.6 Å². The van der Waals surface area contributed by atoms with Gasteiger partial charge in [-0.15, -0.1) is 0 Å². The maximum atomic E-state index is 9.32. The second-order valence-corrected chi connectivity index (χ2v) is 7.01. The Hall–Kier alpha value is -0.200. The zero-order valence-electron chi connectivity index (χ0n) is 11.5. The van der Waals surface area contributed by atoms with Crippen LogP contribution in [0, 0.1) is 17.2 Å². The zero-order chi connectivity index (χ0) is 12.8. The van der Waals surface area contributed by atoms with Crippen molar-refractivity contribution < 1.29 is 0 Å². The van der Waals surface area contributed by atoms with Crippen LogP contribution in [0.25, 0.3) is 0 Å². The number of hydrogen-bond donors (Lipinski definition) is 1. The molecule has 0 aromatic carbocycles. The highest BCUT2D eigenvalue weighted by Gasteiger charge is 2.28. The summed E-state index contributed by atoms with van der Waals surface area (Å²) in [6.45, 7) is 0. The third-order valence-corrected chi connectivity index (χ3v) is 5.69.